The zero-order chi connectivity index (χ0) is 13.7. The molecule has 1 aromatic carbocycles. The van der Waals surface area contributed by atoms with Crippen LogP contribution in [0.15, 0.2) is 24.3 Å². The summed E-state index contributed by atoms with van der Waals surface area (Å²) in [6, 6.07) is 9.57. The Morgan fingerprint density at radius 1 is 1.11 bits per heavy atom. The predicted molar refractivity (Wildman–Crippen MR) is 82.1 cm³/mol. The van der Waals surface area contributed by atoms with Gasteiger partial charge in [0.05, 0.1) is 0 Å². The summed E-state index contributed by atoms with van der Waals surface area (Å²) in [6.07, 6.45) is 6.71. The van der Waals surface area contributed by atoms with Crippen molar-refractivity contribution in [2.75, 3.05) is 13.6 Å². The standard InChI is InChI=1S/C17H28N2/c1-14-8-10-15(11-9-14)13-19(2)17-7-5-3-4-6-16(17)12-18/h8-11,16-17H,3-7,12-13,18H2,1-2H3. The molecule has 106 valence electrons. The van der Waals surface area contributed by atoms with E-state index in [0.717, 1.165) is 13.1 Å². The summed E-state index contributed by atoms with van der Waals surface area (Å²) >= 11 is 0. The molecule has 2 N–H and O–H groups in total. The Balaban J connectivity index is 2.00. The first-order valence-corrected chi connectivity index (χ1v) is 7.66. The smallest absolute Gasteiger partial charge is 0.0233 e. The topological polar surface area (TPSA) is 29.3 Å². The van der Waals surface area contributed by atoms with E-state index in [1.165, 1.54) is 43.2 Å². The quantitative estimate of drug-likeness (QED) is 0.841. The average molecular weight is 260 g/mol. The minimum Gasteiger partial charge on any atom is -0.330 e. The second-order valence-electron chi connectivity index (χ2n) is 6.10. The van der Waals surface area contributed by atoms with Crippen molar-refractivity contribution in [3.8, 4) is 0 Å². The van der Waals surface area contributed by atoms with Gasteiger partial charge in [-0.15, -0.1) is 0 Å². The molecule has 1 aliphatic rings. The molecule has 2 nitrogen and oxygen atoms in total. The van der Waals surface area contributed by atoms with E-state index in [-0.39, 0.29) is 0 Å². The minimum atomic E-state index is 0.661. The van der Waals surface area contributed by atoms with Crippen LogP contribution in [0, 0.1) is 12.8 Å². The molecule has 19 heavy (non-hydrogen) atoms. The highest BCUT2D eigenvalue weighted by molar-refractivity contribution is 5.21. The zero-order valence-electron chi connectivity index (χ0n) is 12.4. The molecule has 0 aliphatic heterocycles. The fourth-order valence-electron chi connectivity index (χ4n) is 3.32. The lowest BCUT2D eigenvalue weighted by Crippen LogP contribution is -2.40. The Kier molecular flexibility index (Phi) is 5.41. The Labute approximate surface area is 118 Å². The van der Waals surface area contributed by atoms with Crippen molar-refractivity contribution in [3.05, 3.63) is 35.4 Å². The highest BCUT2D eigenvalue weighted by atomic mass is 15.1. The molecule has 2 heteroatoms. The Hall–Kier alpha value is -0.860. The first-order chi connectivity index (χ1) is 9.20. The van der Waals surface area contributed by atoms with Gasteiger partial charge >= 0.3 is 0 Å². The van der Waals surface area contributed by atoms with Crippen LogP contribution in [-0.4, -0.2) is 24.5 Å². The summed E-state index contributed by atoms with van der Waals surface area (Å²) in [7, 11) is 2.26. The fourth-order valence-corrected chi connectivity index (χ4v) is 3.32. The average Bonchev–Trinajstić information content (AvgIpc) is 2.66. The van der Waals surface area contributed by atoms with Gasteiger partial charge in [0.2, 0.25) is 0 Å². The van der Waals surface area contributed by atoms with Gasteiger partial charge in [-0.3, -0.25) is 4.90 Å². The lowest BCUT2D eigenvalue weighted by atomic mass is 9.93. The third-order valence-electron chi connectivity index (χ3n) is 4.54. The van der Waals surface area contributed by atoms with Crippen LogP contribution in [0.1, 0.15) is 43.2 Å². The first kappa shape index (κ1) is 14.5. The van der Waals surface area contributed by atoms with Gasteiger partial charge in [-0.2, -0.15) is 0 Å². The molecule has 1 aliphatic carbocycles. The summed E-state index contributed by atoms with van der Waals surface area (Å²) in [6.45, 7) is 4.02. The Morgan fingerprint density at radius 2 is 1.79 bits per heavy atom. The summed E-state index contributed by atoms with van der Waals surface area (Å²) < 4.78 is 0. The van der Waals surface area contributed by atoms with Crippen molar-refractivity contribution in [1.82, 2.24) is 4.90 Å². The largest absolute Gasteiger partial charge is 0.330 e. The SMILES string of the molecule is Cc1ccc(CN(C)C2CCCCCC2CN)cc1. The molecule has 2 rings (SSSR count). The van der Waals surface area contributed by atoms with Gasteiger partial charge < -0.3 is 5.73 Å². The van der Waals surface area contributed by atoms with Crippen molar-refractivity contribution in [2.24, 2.45) is 11.7 Å². The van der Waals surface area contributed by atoms with E-state index >= 15 is 0 Å². The van der Waals surface area contributed by atoms with Crippen LogP contribution < -0.4 is 5.73 Å². The van der Waals surface area contributed by atoms with Crippen molar-refractivity contribution >= 4 is 0 Å². The van der Waals surface area contributed by atoms with Crippen LogP contribution in [0.3, 0.4) is 0 Å². The van der Waals surface area contributed by atoms with Crippen molar-refractivity contribution in [3.63, 3.8) is 0 Å². The lowest BCUT2D eigenvalue weighted by Gasteiger charge is -2.33. The molecule has 0 bridgehead atoms. The highest BCUT2D eigenvalue weighted by Crippen LogP contribution is 2.27. The molecule has 2 atom stereocenters. The molecule has 2 unspecified atom stereocenters. The van der Waals surface area contributed by atoms with Gasteiger partial charge in [0.1, 0.15) is 0 Å². The third-order valence-corrected chi connectivity index (χ3v) is 4.54. The van der Waals surface area contributed by atoms with E-state index in [0.29, 0.717) is 12.0 Å². The maximum atomic E-state index is 5.99. The Morgan fingerprint density at radius 3 is 2.47 bits per heavy atom. The van der Waals surface area contributed by atoms with Crippen LogP contribution in [0.2, 0.25) is 0 Å². The summed E-state index contributed by atoms with van der Waals surface area (Å²) in [5, 5.41) is 0. The van der Waals surface area contributed by atoms with Gasteiger partial charge in [-0.05, 0) is 44.8 Å². The molecule has 1 aromatic rings. The second-order valence-corrected chi connectivity index (χ2v) is 6.10. The van der Waals surface area contributed by atoms with Gasteiger partial charge in [-0.25, -0.2) is 0 Å². The molecule has 0 amide bonds. The molecule has 1 saturated carbocycles. The molecule has 1 fully saturated rings. The van der Waals surface area contributed by atoms with Crippen molar-refractivity contribution < 1.29 is 0 Å². The summed E-state index contributed by atoms with van der Waals surface area (Å²) in [5.74, 6) is 0.679. The van der Waals surface area contributed by atoms with Crippen LogP contribution >= 0.6 is 0 Å². The summed E-state index contributed by atoms with van der Waals surface area (Å²) in [4.78, 5) is 2.52. The van der Waals surface area contributed by atoms with Crippen LogP contribution in [-0.2, 0) is 6.54 Å². The monoisotopic (exact) mass is 260 g/mol. The van der Waals surface area contributed by atoms with E-state index in [1.807, 2.05) is 0 Å². The van der Waals surface area contributed by atoms with Crippen molar-refractivity contribution in [2.45, 2.75) is 51.6 Å². The number of rotatable bonds is 4. The van der Waals surface area contributed by atoms with Gasteiger partial charge in [0.25, 0.3) is 0 Å². The lowest BCUT2D eigenvalue weighted by molar-refractivity contribution is 0.161. The van der Waals surface area contributed by atoms with E-state index in [1.54, 1.807) is 0 Å². The molecule has 0 radical (unpaired) electrons. The molecular formula is C17H28N2. The third kappa shape index (κ3) is 4.05. The zero-order valence-corrected chi connectivity index (χ0v) is 12.4. The van der Waals surface area contributed by atoms with Crippen LogP contribution in [0.5, 0.6) is 0 Å². The van der Waals surface area contributed by atoms with E-state index in [9.17, 15) is 0 Å². The second kappa shape index (κ2) is 7.06. The van der Waals surface area contributed by atoms with E-state index < -0.39 is 0 Å². The maximum absolute atomic E-state index is 5.99. The van der Waals surface area contributed by atoms with Crippen LogP contribution in [0.25, 0.3) is 0 Å². The fraction of sp³-hybridized carbons (Fsp3) is 0.647. The normalized spacial score (nSPS) is 24.4. The van der Waals surface area contributed by atoms with Gasteiger partial charge in [-0.1, -0.05) is 49.1 Å². The van der Waals surface area contributed by atoms with Gasteiger partial charge in [0, 0.05) is 12.6 Å². The number of aryl methyl sites for hydroxylation is 1. The Bertz CT molecular complexity index is 371. The number of hydrogen-bond donors (Lipinski definition) is 1. The molecular weight excluding hydrogens is 232 g/mol. The number of benzene rings is 1. The molecule has 0 spiro atoms. The highest BCUT2D eigenvalue weighted by Gasteiger charge is 2.25. The number of hydrogen-bond acceptors (Lipinski definition) is 2. The first-order valence-electron chi connectivity index (χ1n) is 7.66. The molecule has 0 saturated heterocycles. The number of nitrogens with two attached hydrogens (primary N) is 1. The molecule has 0 heterocycles. The maximum Gasteiger partial charge on any atom is 0.0233 e. The minimum absolute atomic E-state index is 0.661. The van der Waals surface area contributed by atoms with E-state index in [4.69, 9.17) is 5.73 Å². The van der Waals surface area contributed by atoms with Crippen molar-refractivity contribution in [1.29, 1.82) is 0 Å². The van der Waals surface area contributed by atoms with Gasteiger partial charge in [0.15, 0.2) is 0 Å². The molecule has 0 aromatic heterocycles. The van der Waals surface area contributed by atoms with E-state index in [2.05, 4.69) is 43.1 Å². The number of nitrogens with zero attached hydrogens (tertiary/aromatic N) is 1. The predicted octanol–water partition coefficient (Wildman–Crippen LogP) is 3.33. The van der Waals surface area contributed by atoms with Crippen LogP contribution in [0.4, 0.5) is 0 Å². The summed E-state index contributed by atoms with van der Waals surface area (Å²) in [5.41, 5.74) is 8.73.